The Morgan fingerprint density at radius 3 is 2.26 bits per heavy atom. The Bertz CT molecular complexity index is 2390. The zero-order valence-corrected chi connectivity index (χ0v) is 24.7. The number of nitrogens with zero attached hydrogens (tertiary/aromatic N) is 3. The van der Waals surface area contributed by atoms with Gasteiger partial charge in [0, 0.05) is 0 Å². The number of terminal acetylenes is 1. The van der Waals surface area contributed by atoms with Crippen LogP contribution in [0.2, 0.25) is 47.7 Å². The van der Waals surface area contributed by atoms with Crippen LogP contribution in [0.4, 0.5) is 5.69 Å². The zero-order chi connectivity index (χ0) is 28.2. The van der Waals surface area contributed by atoms with Crippen LogP contribution < -0.4 is 10.2 Å². The van der Waals surface area contributed by atoms with Gasteiger partial charge in [-0.05, 0) is 0 Å². The van der Waals surface area contributed by atoms with Crippen LogP contribution in [0.1, 0.15) is 21.1 Å². The summed E-state index contributed by atoms with van der Waals surface area (Å²) in [7, 11) is 0. The molecule has 10 aliphatic rings. The van der Waals surface area contributed by atoms with E-state index in [4.69, 9.17) is 10.8 Å². The van der Waals surface area contributed by atoms with Crippen molar-refractivity contribution >= 4 is 28.8 Å². The van der Waals surface area contributed by atoms with Crippen LogP contribution in [-0.4, -0.2) is 27.8 Å². The second-order valence-corrected chi connectivity index (χ2v) is 41.1. The number of rotatable bonds is 8. The van der Waals surface area contributed by atoms with E-state index in [9.17, 15) is 9.59 Å². The minimum atomic E-state index is -3.92. The molecule has 5 unspecified atom stereocenters. The molecule has 0 aliphatic carbocycles. The van der Waals surface area contributed by atoms with Gasteiger partial charge < -0.3 is 0 Å². The van der Waals surface area contributed by atoms with Crippen molar-refractivity contribution in [3.63, 3.8) is 0 Å². The topological polar surface area (TPSA) is 88.3 Å². The maximum atomic E-state index is 14.9. The molecule has 2 aromatic carbocycles. The number of anilines is 1. The van der Waals surface area contributed by atoms with Gasteiger partial charge in [-0.2, -0.15) is 0 Å². The molecule has 0 radical (unpaired) electrons. The van der Waals surface area contributed by atoms with Crippen LogP contribution in [0.5, 0.6) is 0 Å². The Labute approximate surface area is 241 Å². The fourth-order valence-corrected chi connectivity index (χ4v) is 96.0. The third-order valence-electron chi connectivity index (χ3n) is 20.0. The monoisotopic (exact) mass is 626 g/mol. The average Bonchev–Trinajstić information content (AvgIpc) is 3.85. The number of carbonyl (C=O) groups is 2. The molecular weight excluding hydrogens is 600 g/mol. The quantitative estimate of drug-likeness (QED) is 0.170. The number of aromatic nitrogens is 2. The van der Waals surface area contributed by atoms with Crippen molar-refractivity contribution in [2.45, 2.75) is 60.2 Å². The Hall–Kier alpha value is -3.70. The Balaban J connectivity index is 0.965. The van der Waals surface area contributed by atoms with Gasteiger partial charge in [-0.3, -0.25) is 0 Å². The number of amides is 2. The van der Waals surface area contributed by atoms with E-state index in [1.807, 2.05) is 59.5 Å². The van der Waals surface area contributed by atoms with Gasteiger partial charge in [-0.25, -0.2) is 0 Å². The van der Waals surface area contributed by atoms with Crippen LogP contribution in [0.25, 0.3) is 11.3 Å². The summed E-state index contributed by atoms with van der Waals surface area (Å²) < 4.78 is 5.63. The van der Waals surface area contributed by atoms with Crippen molar-refractivity contribution in [1.82, 2.24) is 15.3 Å². The molecule has 43 heavy (non-hydrogen) atoms. The zero-order valence-electron chi connectivity index (χ0n) is 22.8. The van der Waals surface area contributed by atoms with Crippen LogP contribution in [0, 0.1) is 12.3 Å². The first-order valence-electron chi connectivity index (χ1n) is 15.1. The van der Waals surface area contributed by atoms with E-state index in [-0.39, 0.29) is 16.1 Å². The minimum absolute atomic E-state index is 0.0111. The van der Waals surface area contributed by atoms with Gasteiger partial charge in [-0.1, -0.05) is 0 Å². The normalized spacial score (nSPS) is 54.3. The fourth-order valence-electron chi connectivity index (χ4n) is 20.6. The first kappa shape index (κ1) is 21.1. The molecule has 1 spiro atoms. The summed E-state index contributed by atoms with van der Waals surface area (Å²) in [4.78, 5) is 48.8. The number of benzene rings is 2. The van der Waals surface area contributed by atoms with E-state index < -0.39 is 12.6 Å². The molecule has 214 valence electrons. The fraction of sp³-hybridized carbons (Fsp3) is 0.353. The molecule has 10 saturated heterocycles. The van der Waals surface area contributed by atoms with E-state index in [2.05, 4.69) is 21.2 Å². The van der Waals surface area contributed by atoms with Crippen LogP contribution in [0.3, 0.4) is 0 Å². The third kappa shape index (κ3) is 0.642. The van der Waals surface area contributed by atoms with Gasteiger partial charge >= 0.3 is 242 Å². The van der Waals surface area contributed by atoms with E-state index >= 15 is 0 Å². The number of carbonyl (C=O) groups excluding carboxylic acids is 2. The third-order valence-corrected chi connectivity index (χ3v) is 63.3. The second-order valence-electron chi connectivity index (χ2n) is 16.6. The summed E-state index contributed by atoms with van der Waals surface area (Å²) in [5.41, 5.74) is 3.00. The molecule has 0 saturated carbocycles. The van der Waals surface area contributed by atoms with Gasteiger partial charge in [0.2, 0.25) is 0 Å². The van der Waals surface area contributed by atoms with E-state index in [0.29, 0.717) is 23.0 Å². The van der Waals surface area contributed by atoms with Gasteiger partial charge in [0.05, 0.1) is 0 Å². The molecule has 14 rings (SSSR count). The molecule has 4 aromatic rings. The number of oxazole rings is 1. The van der Waals surface area contributed by atoms with Crippen molar-refractivity contribution in [3.05, 3.63) is 88.8 Å². The molecule has 2 aromatic heterocycles. The number of nitrogens with one attached hydrogen (secondary N) is 1. The van der Waals surface area contributed by atoms with E-state index in [1.54, 1.807) is 11.6 Å². The molecule has 9 heteroatoms. The molecule has 12 heterocycles. The molecule has 7 nitrogen and oxygen atoms in total. The molecule has 10 fully saturated rings. The van der Waals surface area contributed by atoms with Gasteiger partial charge in [-0.15, -0.1) is 0 Å². The van der Waals surface area contributed by atoms with E-state index in [0.717, 1.165) is 60.2 Å². The second kappa shape index (κ2) is 3.50. The van der Waals surface area contributed by atoms with Crippen LogP contribution in [-0.2, 0) is 17.8 Å². The van der Waals surface area contributed by atoms with Crippen molar-refractivity contribution in [2.24, 2.45) is 0 Å². The van der Waals surface area contributed by atoms with Crippen molar-refractivity contribution < 1.29 is 20.5 Å². The first-order chi connectivity index (χ1) is 20.8. The SMILES string of the molecule is C#Cc1nc(C(=O)N(c2ccc(-c3cnco3)cc2)C(C(=O)NCc2ccccc2)[C]23[CH]4[CH]5[CH]6[CH]2[Fe]56432789[CH]3[CH]2[CH]7[CH]8[CH]39)cs1. The van der Waals surface area contributed by atoms with Crippen LogP contribution in [0.15, 0.2) is 77.0 Å². The van der Waals surface area contributed by atoms with E-state index in [1.165, 1.54) is 17.7 Å². The number of fused-ring (bicyclic) bond motifs is 10. The molecule has 10 aliphatic heterocycles. The molecule has 0 bridgehead atoms. The summed E-state index contributed by atoms with van der Waals surface area (Å²) in [6.07, 6.45) is 8.76. The average molecular weight is 627 g/mol. The standard InChI is InChI=1S/C29H21N4O3S.C5H5.Fe/c1-2-26-32-24(18-37-26)29(35)33(23-14-12-21(13-15-23)25-17-30-19-36-25)27(22-10-6-7-11-22)28(34)31-16-20-8-4-3-5-9-20;1-2-4-5-3-1;/h1,3-15,17-19,27H,16H2,(H,31,34);1-5H;. The molecular formula is C34H26FeN4O3S. The predicted octanol–water partition coefficient (Wildman–Crippen LogP) is 6.87. The van der Waals surface area contributed by atoms with Crippen molar-refractivity contribution in [1.29, 1.82) is 0 Å². The Morgan fingerprint density at radius 1 is 1.02 bits per heavy atom. The van der Waals surface area contributed by atoms with Crippen molar-refractivity contribution in [3.8, 4) is 23.7 Å². The molecule has 2 amide bonds. The summed E-state index contributed by atoms with van der Waals surface area (Å²) in [5, 5.41) is 5.59. The first-order valence-corrected chi connectivity index (χ1v) is 22.3. The maximum absolute atomic E-state index is 14.9. The van der Waals surface area contributed by atoms with Crippen molar-refractivity contribution in [2.75, 3.05) is 4.90 Å². The summed E-state index contributed by atoms with van der Waals surface area (Å²) >= 11 is 1.30. The predicted molar refractivity (Wildman–Crippen MR) is 157 cm³/mol. The molecule has 5 atom stereocenters. The number of hydrogen-bond donors (Lipinski definition) is 1. The molecule has 1 N–H and O–H groups in total. The van der Waals surface area contributed by atoms with Gasteiger partial charge in [0.15, 0.2) is 0 Å². The van der Waals surface area contributed by atoms with Gasteiger partial charge in [0.25, 0.3) is 0 Å². The number of hydrogen-bond acceptors (Lipinski definition) is 6. The Morgan fingerprint density at radius 2 is 1.72 bits per heavy atom. The summed E-state index contributed by atoms with van der Waals surface area (Å²) in [6, 6.07) is 17.4. The van der Waals surface area contributed by atoms with Crippen LogP contribution >= 0.6 is 11.3 Å². The van der Waals surface area contributed by atoms with Gasteiger partial charge in [0.1, 0.15) is 0 Å². The summed E-state index contributed by atoms with van der Waals surface area (Å²) in [6.45, 7) is -3.47. The summed E-state index contributed by atoms with van der Waals surface area (Å²) in [5.74, 6) is 3.04. The number of thiazole rings is 1. The Kier molecular flexibility index (Phi) is 1.72.